The fourth-order valence-electron chi connectivity index (χ4n) is 1.44. The molecule has 0 spiro atoms. The fourth-order valence-corrected chi connectivity index (χ4v) is 1.87. The zero-order chi connectivity index (χ0) is 14.7. The molecule has 0 bridgehead atoms. The smallest absolute Gasteiger partial charge is 0.743 e. The number of halogens is 3. The Morgan fingerprint density at radius 2 is 1.80 bits per heavy atom. The van der Waals surface area contributed by atoms with Crippen molar-refractivity contribution in [1.29, 1.82) is 0 Å². The Morgan fingerprint density at radius 1 is 1.30 bits per heavy atom. The van der Waals surface area contributed by atoms with Crippen LogP contribution in [0.2, 0.25) is 0 Å². The molecule has 0 aliphatic carbocycles. The molecular formula is C12H12F3NaO3S. The van der Waals surface area contributed by atoms with Crippen LogP contribution >= 0.6 is 0 Å². The minimum atomic E-state index is -5.99. The van der Waals surface area contributed by atoms with E-state index in [1.165, 1.54) is 0 Å². The van der Waals surface area contributed by atoms with Crippen molar-refractivity contribution in [3.63, 3.8) is 0 Å². The van der Waals surface area contributed by atoms with Gasteiger partial charge in [0.2, 0.25) is 0 Å². The Hall–Kier alpha value is -0.340. The third kappa shape index (κ3) is 4.89. The Balaban J connectivity index is 0.00000361. The maximum absolute atomic E-state index is 13.2. The molecule has 8 heteroatoms. The van der Waals surface area contributed by atoms with E-state index in [9.17, 15) is 26.1 Å². The van der Waals surface area contributed by atoms with Gasteiger partial charge in [-0.2, -0.15) is 8.78 Å². The van der Waals surface area contributed by atoms with Gasteiger partial charge in [-0.3, -0.25) is 0 Å². The molecule has 1 unspecified atom stereocenters. The van der Waals surface area contributed by atoms with Crippen molar-refractivity contribution in [2.75, 3.05) is 0 Å². The van der Waals surface area contributed by atoms with Crippen LogP contribution in [0, 0.1) is 0 Å². The molecule has 1 aromatic carbocycles. The first-order chi connectivity index (χ1) is 8.68. The molecule has 1 atom stereocenters. The molecule has 20 heavy (non-hydrogen) atoms. The van der Waals surface area contributed by atoms with Crippen molar-refractivity contribution in [2.24, 2.45) is 0 Å². The maximum atomic E-state index is 13.2. The Labute approximate surface area is 137 Å². The van der Waals surface area contributed by atoms with Crippen molar-refractivity contribution in [2.45, 2.75) is 24.3 Å². The van der Waals surface area contributed by atoms with Crippen molar-refractivity contribution < 1.29 is 55.7 Å². The van der Waals surface area contributed by atoms with E-state index >= 15 is 0 Å². The second kappa shape index (κ2) is 7.61. The molecule has 0 aliphatic heterocycles. The van der Waals surface area contributed by atoms with Gasteiger partial charge in [-0.1, -0.05) is 36.9 Å². The number of aryl methyl sites for hydroxylation is 1. The Bertz CT molecular complexity index is 544. The summed E-state index contributed by atoms with van der Waals surface area (Å²) in [4.78, 5) is 0. The Kier molecular flexibility index (Phi) is 7.48. The van der Waals surface area contributed by atoms with E-state index in [0.717, 1.165) is 5.56 Å². The van der Waals surface area contributed by atoms with Crippen molar-refractivity contribution in [3.8, 4) is 0 Å². The summed E-state index contributed by atoms with van der Waals surface area (Å²) in [5.74, 6) is 0. The minimum absolute atomic E-state index is 0. The van der Waals surface area contributed by atoms with Crippen LogP contribution in [0.4, 0.5) is 13.2 Å². The number of benzene rings is 1. The molecule has 0 saturated heterocycles. The van der Waals surface area contributed by atoms with Gasteiger partial charge in [0.25, 0.3) is 0 Å². The first-order valence-corrected chi connectivity index (χ1v) is 6.78. The van der Waals surface area contributed by atoms with Crippen LogP contribution in [0.3, 0.4) is 0 Å². The van der Waals surface area contributed by atoms with Crippen LogP contribution in [-0.2, 0) is 16.5 Å². The molecule has 0 radical (unpaired) electrons. The van der Waals surface area contributed by atoms with Gasteiger partial charge in [-0.15, -0.1) is 0 Å². The van der Waals surface area contributed by atoms with E-state index in [1.54, 1.807) is 30.3 Å². The summed E-state index contributed by atoms with van der Waals surface area (Å²) in [5, 5.41) is -4.89. The molecule has 3 nitrogen and oxygen atoms in total. The average Bonchev–Trinajstić information content (AvgIpc) is 2.35. The Morgan fingerprint density at radius 3 is 2.20 bits per heavy atom. The van der Waals surface area contributed by atoms with Crippen molar-refractivity contribution in [3.05, 3.63) is 42.0 Å². The van der Waals surface area contributed by atoms with Gasteiger partial charge in [0, 0.05) is 0 Å². The van der Waals surface area contributed by atoms with E-state index in [4.69, 9.17) is 0 Å². The van der Waals surface area contributed by atoms with E-state index in [1.807, 2.05) is 0 Å². The topological polar surface area (TPSA) is 57.2 Å². The van der Waals surface area contributed by atoms with E-state index in [-0.39, 0.29) is 36.0 Å². The van der Waals surface area contributed by atoms with Crippen LogP contribution in [-0.4, -0.2) is 24.4 Å². The fraction of sp³-hybridized carbons (Fsp3) is 0.333. The summed E-state index contributed by atoms with van der Waals surface area (Å²) in [6.45, 7) is 3.53. The molecule has 1 rings (SSSR count). The number of alkyl halides is 3. The quantitative estimate of drug-likeness (QED) is 0.537. The number of rotatable bonds is 6. The molecular weight excluding hydrogens is 304 g/mol. The van der Waals surface area contributed by atoms with Gasteiger partial charge < -0.3 is 4.55 Å². The minimum Gasteiger partial charge on any atom is -0.743 e. The van der Waals surface area contributed by atoms with Gasteiger partial charge in [-0.05, 0) is 24.0 Å². The van der Waals surface area contributed by atoms with Crippen LogP contribution in [0.15, 0.2) is 30.8 Å². The molecule has 0 fully saturated rings. The van der Waals surface area contributed by atoms with Gasteiger partial charge in [-0.25, -0.2) is 12.8 Å². The normalized spacial score (nSPS) is 13.4. The third-order valence-electron chi connectivity index (χ3n) is 2.60. The van der Waals surface area contributed by atoms with E-state index in [2.05, 4.69) is 6.58 Å². The van der Waals surface area contributed by atoms with E-state index in [0.29, 0.717) is 5.56 Å². The average molecular weight is 316 g/mol. The molecule has 0 saturated carbocycles. The number of hydrogen-bond donors (Lipinski definition) is 0. The maximum Gasteiger partial charge on any atom is 1.00 e. The third-order valence-corrected chi connectivity index (χ3v) is 3.52. The predicted molar refractivity (Wildman–Crippen MR) is 64.4 cm³/mol. The van der Waals surface area contributed by atoms with Crippen LogP contribution in [0.25, 0.3) is 6.08 Å². The van der Waals surface area contributed by atoms with Crippen LogP contribution < -0.4 is 29.6 Å². The summed E-state index contributed by atoms with van der Waals surface area (Å²) >= 11 is 0. The van der Waals surface area contributed by atoms with Gasteiger partial charge in [0.1, 0.15) is 0 Å². The molecule has 1 aromatic rings. The largest absolute Gasteiger partial charge is 1.00 e. The van der Waals surface area contributed by atoms with E-state index < -0.39 is 28.0 Å². The van der Waals surface area contributed by atoms with Crippen molar-refractivity contribution >= 4 is 16.2 Å². The second-order valence-electron chi connectivity index (χ2n) is 3.97. The number of hydrogen-bond acceptors (Lipinski definition) is 3. The van der Waals surface area contributed by atoms with Crippen LogP contribution in [0.1, 0.15) is 17.5 Å². The predicted octanol–water partition coefficient (Wildman–Crippen LogP) is -0.258. The molecule has 0 aliphatic rings. The molecule has 0 amide bonds. The first-order valence-electron chi connectivity index (χ1n) is 5.37. The van der Waals surface area contributed by atoms with Crippen LogP contribution in [0.5, 0.6) is 0 Å². The van der Waals surface area contributed by atoms with Gasteiger partial charge in [0.05, 0.1) is 0 Å². The second-order valence-corrected chi connectivity index (χ2v) is 5.42. The summed E-state index contributed by atoms with van der Waals surface area (Å²) in [7, 11) is -5.99. The van der Waals surface area contributed by atoms with Crippen molar-refractivity contribution in [1.82, 2.24) is 0 Å². The summed E-state index contributed by atoms with van der Waals surface area (Å²) in [5.41, 5.74) is 1.38. The molecule has 0 heterocycles. The summed E-state index contributed by atoms with van der Waals surface area (Å²) in [6.07, 6.45) is -2.28. The summed E-state index contributed by atoms with van der Waals surface area (Å²) in [6, 6.07) is 6.51. The standard InChI is InChI=1S/C12H13F3O3S.Na/c1-2-9-3-5-10(6-4-9)7-8-11(13)12(14,15)19(16,17)18;/h2-6,11H,1,7-8H2,(H,16,17,18);/q;+1/p-1. The molecule has 0 aromatic heterocycles. The first kappa shape index (κ1) is 19.7. The SMILES string of the molecule is C=Cc1ccc(CCC(F)C(F)(F)S(=O)(=O)[O-])cc1.[Na+]. The zero-order valence-corrected chi connectivity index (χ0v) is 13.7. The van der Waals surface area contributed by atoms with Gasteiger partial charge >= 0.3 is 34.8 Å². The zero-order valence-electron chi connectivity index (χ0n) is 10.9. The van der Waals surface area contributed by atoms with Gasteiger partial charge in [0.15, 0.2) is 16.3 Å². The molecule has 0 N–H and O–H groups in total. The molecule has 106 valence electrons. The summed E-state index contributed by atoms with van der Waals surface area (Å²) < 4.78 is 69.6. The monoisotopic (exact) mass is 316 g/mol.